The molecular weight excluding hydrogens is 474 g/mol. The fourth-order valence-corrected chi connectivity index (χ4v) is 6.85. The van der Waals surface area contributed by atoms with Crippen molar-refractivity contribution in [3.63, 3.8) is 0 Å². The first-order chi connectivity index (χ1) is 15.6. The molecule has 1 fully saturated rings. The van der Waals surface area contributed by atoms with E-state index in [1.165, 1.54) is 0 Å². The van der Waals surface area contributed by atoms with Crippen molar-refractivity contribution in [1.82, 2.24) is 14.9 Å². The Morgan fingerprint density at radius 1 is 1.30 bits per heavy atom. The topological polar surface area (TPSA) is 96.6 Å². The molecule has 0 spiro atoms. The number of hydrogen-bond acceptors (Lipinski definition) is 6. The molecular formula is C23H33N3O4S2Si. The Morgan fingerprint density at radius 3 is 2.73 bits per heavy atom. The smallest absolute Gasteiger partial charge is 0.252 e. The third-order valence-electron chi connectivity index (χ3n) is 6.00. The lowest BCUT2D eigenvalue weighted by molar-refractivity contribution is 0.0901. The van der Waals surface area contributed by atoms with Crippen LogP contribution in [0.5, 0.6) is 0 Å². The van der Waals surface area contributed by atoms with Crippen molar-refractivity contribution in [1.29, 1.82) is 0 Å². The second kappa shape index (κ2) is 9.89. The minimum absolute atomic E-state index is 0.0495. The van der Waals surface area contributed by atoms with Gasteiger partial charge in [-0.25, -0.2) is 0 Å². The van der Waals surface area contributed by atoms with E-state index in [-0.39, 0.29) is 11.9 Å². The van der Waals surface area contributed by atoms with Gasteiger partial charge in [0.1, 0.15) is 6.73 Å². The number of fused-ring (bicyclic) bond motifs is 1. The molecule has 1 aliphatic rings. The van der Waals surface area contributed by atoms with Crippen molar-refractivity contribution in [3.05, 3.63) is 41.7 Å². The van der Waals surface area contributed by atoms with Crippen LogP contribution in [0.25, 0.3) is 21.3 Å². The zero-order chi connectivity index (χ0) is 23.6. The number of carbonyl (C=O) groups is 1. The molecule has 3 heterocycles. The predicted octanol–water partition coefficient (Wildman–Crippen LogP) is 5.72. The van der Waals surface area contributed by atoms with Crippen molar-refractivity contribution < 1.29 is 18.6 Å². The molecule has 0 radical (unpaired) electrons. The van der Waals surface area contributed by atoms with Gasteiger partial charge in [-0.1, -0.05) is 19.6 Å². The summed E-state index contributed by atoms with van der Waals surface area (Å²) in [6.45, 7) is 8.19. The van der Waals surface area contributed by atoms with E-state index in [1.54, 1.807) is 16.8 Å². The molecule has 33 heavy (non-hydrogen) atoms. The first-order valence-electron chi connectivity index (χ1n) is 11.3. The third-order valence-corrected chi connectivity index (χ3v) is 10.3. The molecule has 0 saturated carbocycles. The molecule has 0 atom stereocenters. The first-order valence-corrected chi connectivity index (χ1v) is 17.7. The van der Waals surface area contributed by atoms with Gasteiger partial charge in [0.2, 0.25) is 0 Å². The molecule has 0 unspecified atom stereocenters. The number of nitrogens with one attached hydrogen (secondary N) is 1. The normalized spacial score (nSPS) is 17.8. The van der Waals surface area contributed by atoms with E-state index >= 15 is 0 Å². The van der Waals surface area contributed by atoms with Crippen LogP contribution >= 0.6 is 21.9 Å². The molecule has 10 heteroatoms. The Bertz CT molecular complexity index is 1100. The average Bonchev–Trinajstić information content (AvgIpc) is 3.41. The van der Waals surface area contributed by atoms with Gasteiger partial charge in [0.05, 0.1) is 15.9 Å². The standard InChI is InChI=1S/C23H33N3O4S2Si/c1-33(2,3)11-8-30-16-26-7-4-19-20(12-17(13-21(19)26)22-14-24-15-31-22)23(27)25-18-5-9-32(28,29)10-6-18/h4,7,12-15,18,28-29H,5-6,8-11,16H2,1-3H3,(H,25,27). The fraction of sp³-hybridized carbons (Fsp3) is 0.478. The molecule has 1 saturated heterocycles. The summed E-state index contributed by atoms with van der Waals surface area (Å²) in [5.41, 5.74) is 4.32. The second-order valence-corrected chi connectivity index (χ2v) is 18.8. The van der Waals surface area contributed by atoms with Gasteiger partial charge in [0.25, 0.3) is 5.91 Å². The van der Waals surface area contributed by atoms with Gasteiger partial charge in [-0.05, 0) is 42.6 Å². The molecule has 1 amide bonds. The summed E-state index contributed by atoms with van der Waals surface area (Å²) in [7, 11) is -3.63. The van der Waals surface area contributed by atoms with Crippen molar-refractivity contribution in [3.8, 4) is 10.4 Å². The Kier molecular flexibility index (Phi) is 7.32. The fourth-order valence-electron chi connectivity index (χ4n) is 3.95. The lowest BCUT2D eigenvalue weighted by atomic mass is 10.0. The van der Waals surface area contributed by atoms with Gasteiger partial charge in [0.15, 0.2) is 0 Å². The van der Waals surface area contributed by atoms with Crippen LogP contribution in [0.3, 0.4) is 0 Å². The largest absolute Gasteiger partial charge is 0.361 e. The highest BCUT2D eigenvalue weighted by Crippen LogP contribution is 2.44. The van der Waals surface area contributed by atoms with Gasteiger partial charge >= 0.3 is 0 Å². The van der Waals surface area contributed by atoms with Gasteiger partial charge in [-0.2, -0.15) is 10.6 Å². The van der Waals surface area contributed by atoms with Crippen LogP contribution in [0.4, 0.5) is 0 Å². The summed E-state index contributed by atoms with van der Waals surface area (Å²) in [5, 5.41) is 4.00. The van der Waals surface area contributed by atoms with Crippen molar-refractivity contribution in [2.75, 3.05) is 18.1 Å². The van der Waals surface area contributed by atoms with Crippen LogP contribution in [0.2, 0.25) is 25.7 Å². The molecule has 2 aromatic heterocycles. The summed E-state index contributed by atoms with van der Waals surface area (Å²) in [6.07, 6.45) is 4.95. The van der Waals surface area contributed by atoms with E-state index in [0.717, 1.165) is 34.0 Å². The maximum Gasteiger partial charge on any atom is 0.252 e. The highest BCUT2D eigenvalue weighted by atomic mass is 32.3. The molecule has 0 bridgehead atoms. The van der Waals surface area contributed by atoms with Crippen LogP contribution in [0.1, 0.15) is 23.2 Å². The predicted molar refractivity (Wildman–Crippen MR) is 140 cm³/mol. The van der Waals surface area contributed by atoms with Crippen LogP contribution in [-0.4, -0.2) is 56.8 Å². The lowest BCUT2D eigenvalue weighted by Gasteiger charge is -2.39. The van der Waals surface area contributed by atoms with Crippen LogP contribution in [0, 0.1) is 0 Å². The highest BCUT2D eigenvalue weighted by molar-refractivity contribution is 8.24. The number of nitrogens with zero attached hydrogens (tertiary/aromatic N) is 2. The Balaban J connectivity index is 1.58. The quantitative estimate of drug-likeness (QED) is 0.268. The van der Waals surface area contributed by atoms with Crippen LogP contribution in [0.15, 0.2) is 36.1 Å². The van der Waals surface area contributed by atoms with Gasteiger partial charge < -0.3 is 14.6 Å². The lowest BCUT2D eigenvalue weighted by Crippen LogP contribution is -2.39. The maximum atomic E-state index is 13.3. The number of thiazole rings is 1. The molecule has 0 aliphatic carbocycles. The number of aromatic nitrogens is 2. The molecule has 3 aromatic rings. The summed E-state index contributed by atoms with van der Waals surface area (Å²) >= 11 is 1.54. The van der Waals surface area contributed by atoms with Crippen LogP contribution in [-0.2, 0) is 11.5 Å². The van der Waals surface area contributed by atoms with Gasteiger partial charge in [-0.3, -0.25) is 18.9 Å². The molecule has 1 aromatic carbocycles. The summed E-state index contributed by atoms with van der Waals surface area (Å²) < 4.78 is 27.8. The zero-order valence-electron chi connectivity index (χ0n) is 19.4. The third kappa shape index (κ3) is 6.26. The molecule has 4 rings (SSSR count). The van der Waals surface area contributed by atoms with E-state index in [2.05, 4.69) is 40.6 Å². The van der Waals surface area contributed by atoms with Crippen molar-refractivity contribution in [2.45, 2.75) is 51.3 Å². The Labute approximate surface area is 201 Å². The van der Waals surface area contributed by atoms with E-state index in [0.29, 0.717) is 36.6 Å². The second-order valence-electron chi connectivity index (χ2n) is 9.91. The average molecular weight is 508 g/mol. The van der Waals surface area contributed by atoms with E-state index in [4.69, 9.17) is 4.74 Å². The SMILES string of the molecule is C[Si](C)(C)CCOCn1ccc2c(C(=O)NC3CCS(O)(O)CC3)cc(-c3cncs3)cc21. The maximum absolute atomic E-state index is 13.3. The van der Waals surface area contributed by atoms with E-state index in [9.17, 15) is 13.9 Å². The highest BCUT2D eigenvalue weighted by Gasteiger charge is 2.26. The summed E-state index contributed by atoms with van der Waals surface area (Å²) in [6, 6.07) is 7.06. The van der Waals surface area contributed by atoms with Crippen molar-refractivity contribution >= 4 is 46.8 Å². The number of carbonyl (C=O) groups excluding carboxylic acids is 1. The van der Waals surface area contributed by atoms with E-state index in [1.807, 2.05) is 24.5 Å². The molecule has 1 aliphatic heterocycles. The zero-order valence-corrected chi connectivity index (χ0v) is 22.0. The first kappa shape index (κ1) is 24.4. The van der Waals surface area contributed by atoms with Gasteiger partial charge in [-0.15, -0.1) is 11.3 Å². The number of ether oxygens (including phenoxy) is 1. The number of amides is 1. The minimum atomic E-state index is -2.48. The Morgan fingerprint density at radius 2 is 2.06 bits per heavy atom. The number of benzene rings is 1. The number of rotatable bonds is 8. The molecule has 7 nitrogen and oxygen atoms in total. The summed E-state index contributed by atoms with van der Waals surface area (Å²) in [5.74, 6) is 0.561. The molecule has 180 valence electrons. The monoisotopic (exact) mass is 507 g/mol. The van der Waals surface area contributed by atoms with E-state index < -0.39 is 18.7 Å². The van der Waals surface area contributed by atoms with Gasteiger partial charge in [0, 0.05) is 55.6 Å². The number of hydrogen-bond donors (Lipinski definition) is 3. The summed E-state index contributed by atoms with van der Waals surface area (Å²) in [4.78, 5) is 18.5. The minimum Gasteiger partial charge on any atom is -0.361 e. The van der Waals surface area contributed by atoms with Crippen molar-refractivity contribution in [2.24, 2.45) is 0 Å². The molecule has 3 N–H and O–H groups in total. The van der Waals surface area contributed by atoms with Crippen LogP contribution < -0.4 is 5.32 Å². The Hall–Kier alpha value is -1.69.